The highest BCUT2D eigenvalue weighted by molar-refractivity contribution is 7.91. The second-order valence-electron chi connectivity index (χ2n) is 9.41. The number of benzene rings is 1. The summed E-state index contributed by atoms with van der Waals surface area (Å²) in [4.78, 5) is 26.5. The van der Waals surface area contributed by atoms with Crippen molar-refractivity contribution in [1.29, 1.82) is 0 Å². The molecule has 3 fully saturated rings. The highest BCUT2D eigenvalue weighted by Gasteiger charge is 2.66. The molecular formula is C23H28N2O8S. The number of rotatable bonds is 5. The molecule has 2 saturated heterocycles. The minimum absolute atomic E-state index is 0.0991. The van der Waals surface area contributed by atoms with E-state index in [4.69, 9.17) is 14.2 Å². The average molecular weight is 493 g/mol. The van der Waals surface area contributed by atoms with E-state index in [2.05, 4.69) is 4.98 Å². The fourth-order valence-corrected chi connectivity index (χ4v) is 6.92. The van der Waals surface area contributed by atoms with Crippen LogP contribution < -0.4 is 11.2 Å². The SMILES string of the molecule is Cc1ccc(S(=O)(=O)C[C@]2(CO)O[C@@H](n3ccc(=O)[nH]c3=O)[C@@H]3OC4(CCCCC4)O[C@@H]32)cc1. The zero-order valence-electron chi connectivity index (χ0n) is 18.8. The molecule has 1 aliphatic carbocycles. The molecule has 1 saturated carbocycles. The second kappa shape index (κ2) is 8.42. The maximum Gasteiger partial charge on any atom is 0.330 e. The first-order valence-electron chi connectivity index (χ1n) is 11.4. The van der Waals surface area contributed by atoms with Crippen LogP contribution in [-0.4, -0.2) is 59.0 Å². The molecule has 2 aromatic rings. The van der Waals surface area contributed by atoms with Gasteiger partial charge in [-0.25, -0.2) is 13.2 Å². The highest BCUT2D eigenvalue weighted by atomic mass is 32.2. The van der Waals surface area contributed by atoms with Gasteiger partial charge >= 0.3 is 5.69 Å². The first-order valence-corrected chi connectivity index (χ1v) is 13.1. The molecule has 4 atom stereocenters. The predicted octanol–water partition coefficient (Wildman–Crippen LogP) is 1.02. The van der Waals surface area contributed by atoms with Crippen LogP contribution in [-0.2, 0) is 24.0 Å². The number of aliphatic hydroxyl groups is 1. The third-order valence-electron chi connectivity index (χ3n) is 6.97. The van der Waals surface area contributed by atoms with Gasteiger partial charge in [-0.2, -0.15) is 0 Å². The Morgan fingerprint density at radius 3 is 2.41 bits per heavy atom. The van der Waals surface area contributed by atoms with E-state index in [-0.39, 0.29) is 4.90 Å². The van der Waals surface area contributed by atoms with E-state index < -0.39 is 63.3 Å². The molecule has 0 radical (unpaired) electrons. The van der Waals surface area contributed by atoms with Gasteiger partial charge in [0, 0.05) is 25.1 Å². The van der Waals surface area contributed by atoms with Gasteiger partial charge in [-0.05, 0) is 31.9 Å². The smallest absolute Gasteiger partial charge is 0.330 e. The number of fused-ring (bicyclic) bond motifs is 1. The lowest BCUT2D eigenvalue weighted by atomic mass is 9.94. The monoisotopic (exact) mass is 492 g/mol. The topological polar surface area (TPSA) is 137 Å². The molecule has 34 heavy (non-hydrogen) atoms. The molecule has 3 aliphatic rings. The summed E-state index contributed by atoms with van der Waals surface area (Å²) < 4.78 is 46.8. The van der Waals surface area contributed by atoms with Crippen LogP contribution in [0.2, 0.25) is 0 Å². The van der Waals surface area contributed by atoms with Crippen LogP contribution in [0.4, 0.5) is 0 Å². The third-order valence-corrected chi connectivity index (χ3v) is 8.83. The molecule has 11 heteroatoms. The summed E-state index contributed by atoms with van der Waals surface area (Å²) in [5.41, 5.74) is -2.05. The fourth-order valence-electron chi connectivity index (χ4n) is 5.23. The lowest BCUT2D eigenvalue weighted by Gasteiger charge is -2.37. The van der Waals surface area contributed by atoms with Crippen molar-refractivity contribution in [2.75, 3.05) is 12.4 Å². The van der Waals surface area contributed by atoms with E-state index >= 15 is 0 Å². The Labute approximate surface area is 196 Å². The van der Waals surface area contributed by atoms with E-state index in [1.165, 1.54) is 24.4 Å². The highest BCUT2D eigenvalue weighted by Crippen LogP contribution is 2.52. The molecule has 1 aromatic heterocycles. The Bertz CT molecular complexity index is 1280. The number of aromatic nitrogens is 2. The first kappa shape index (κ1) is 23.4. The number of aryl methyl sites for hydroxylation is 1. The number of aromatic amines is 1. The van der Waals surface area contributed by atoms with Gasteiger partial charge in [-0.1, -0.05) is 24.1 Å². The van der Waals surface area contributed by atoms with Gasteiger partial charge in [0.2, 0.25) is 0 Å². The van der Waals surface area contributed by atoms with Gasteiger partial charge in [0.25, 0.3) is 5.56 Å². The number of nitrogens with zero attached hydrogens (tertiary/aromatic N) is 1. The molecule has 5 rings (SSSR count). The summed E-state index contributed by atoms with van der Waals surface area (Å²) >= 11 is 0. The number of nitrogens with one attached hydrogen (secondary N) is 1. The number of ether oxygens (including phenoxy) is 3. The van der Waals surface area contributed by atoms with E-state index in [1.807, 2.05) is 6.92 Å². The second-order valence-corrected chi connectivity index (χ2v) is 11.4. The Morgan fingerprint density at radius 2 is 1.76 bits per heavy atom. The van der Waals surface area contributed by atoms with Crippen LogP contribution in [0.15, 0.2) is 51.0 Å². The van der Waals surface area contributed by atoms with Crippen molar-refractivity contribution in [2.45, 2.75) is 73.7 Å². The van der Waals surface area contributed by atoms with Crippen molar-refractivity contribution in [1.82, 2.24) is 9.55 Å². The first-order chi connectivity index (χ1) is 16.2. The Balaban J connectivity index is 1.56. The van der Waals surface area contributed by atoms with Gasteiger partial charge < -0.3 is 19.3 Å². The third kappa shape index (κ3) is 3.95. The Morgan fingerprint density at radius 1 is 1.06 bits per heavy atom. The molecule has 3 heterocycles. The van der Waals surface area contributed by atoms with Gasteiger partial charge in [-0.15, -0.1) is 0 Å². The average Bonchev–Trinajstić information content (AvgIpc) is 3.29. The normalized spacial score (nSPS) is 30.5. The summed E-state index contributed by atoms with van der Waals surface area (Å²) in [5.74, 6) is -1.48. The molecule has 184 valence electrons. The summed E-state index contributed by atoms with van der Waals surface area (Å²) in [7, 11) is -3.90. The maximum absolute atomic E-state index is 13.4. The summed E-state index contributed by atoms with van der Waals surface area (Å²) in [6, 6.07) is 7.60. The standard InChI is InChI=1S/C23H28N2O8S/c1-15-5-7-16(8-6-15)34(29,30)14-22(13-26)19-18(31-23(32-19)10-3-2-4-11-23)20(33-22)25-12-9-17(27)24-21(25)28/h5-9,12,18-20,26H,2-4,10-11,13-14H2,1H3,(H,24,27,28)/t18-,19+,20-,22+/m1/s1. The lowest BCUT2D eigenvalue weighted by molar-refractivity contribution is -0.249. The van der Waals surface area contributed by atoms with E-state index in [0.29, 0.717) is 12.8 Å². The minimum atomic E-state index is -3.90. The Hall–Kier alpha value is -2.31. The van der Waals surface area contributed by atoms with Crippen LogP contribution in [0.25, 0.3) is 0 Å². The molecule has 1 aromatic carbocycles. The van der Waals surface area contributed by atoms with Crippen molar-refractivity contribution in [3.8, 4) is 0 Å². The number of hydrogen-bond acceptors (Lipinski definition) is 8. The van der Waals surface area contributed by atoms with Crippen LogP contribution >= 0.6 is 0 Å². The van der Waals surface area contributed by atoms with Crippen LogP contribution in [0.1, 0.15) is 43.9 Å². The van der Waals surface area contributed by atoms with Crippen molar-refractivity contribution < 1.29 is 27.7 Å². The molecule has 10 nitrogen and oxygen atoms in total. The molecular weight excluding hydrogens is 464 g/mol. The summed E-state index contributed by atoms with van der Waals surface area (Å²) in [5, 5.41) is 10.5. The molecule has 2 N–H and O–H groups in total. The molecule has 0 amide bonds. The van der Waals surface area contributed by atoms with Crippen LogP contribution in [0, 0.1) is 6.92 Å². The quantitative estimate of drug-likeness (QED) is 0.631. The van der Waals surface area contributed by atoms with Crippen molar-refractivity contribution in [2.24, 2.45) is 0 Å². The number of hydrogen-bond donors (Lipinski definition) is 2. The van der Waals surface area contributed by atoms with Gasteiger partial charge in [-0.3, -0.25) is 14.3 Å². The van der Waals surface area contributed by atoms with Crippen molar-refractivity contribution in [3.05, 3.63) is 62.9 Å². The van der Waals surface area contributed by atoms with E-state index in [0.717, 1.165) is 29.4 Å². The summed E-state index contributed by atoms with van der Waals surface area (Å²) in [6.07, 6.45) is 2.47. The molecule has 1 spiro atoms. The van der Waals surface area contributed by atoms with Gasteiger partial charge in [0.15, 0.2) is 21.9 Å². The zero-order chi connectivity index (χ0) is 24.1. The van der Waals surface area contributed by atoms with E-state index in [9.17, 15) is 23.1 Å². The van der Waals surface area contributed by atoms with Crippen molar-refractivity contribution in [3.63, 3.8) is 0 Å². The molecule has 0 bridgehead atoms. The number of sulfone groups is 1. The van der Waals surface area contributed by atoms with E-state index in [1.54, 1.807) is 12.1 Å². The fraction of sp³-hybridized carbons (Fsp3) is 0.565. The lowest BCUT2D eigenvalue weighted by Crippen LogP contribution is -2.52. The van der Waals surface area contributed by atoms with Crippen LogP contribution in [0.5, 0.6) is 0 Å². The van der Waals surface area contributed by atoms with Crippen LogP contribution in [0.3, 0.4) is 0 Å². The predicted molar refractivity (Wildman–Crippen MR) is 120 cm³/mol. The summed E-state index contributed by atoms with van der Waals surface area (Å²) in [6.45, 7) is 1.20. The molecule has 0 unspecified atom stereocenters. The van der Waals surface area contributed by atoms with Gasteiger partial charge in [0.1, 0.15) is 17.8 Å². The Kier molecular flexibility index (Phi) is 5.80. The number of H-pyrrole nitrogens is 1. The van der Waals surface area contributed by atoms with Gasteiger partial charge in [0.05, 0.1) is 17.3 Å². The van der Waals surface area contributed by atoms with Crippen molar-refractivity contribution >= 4 is 9.84 Å². The largest absolute Gasteiger partial charge is 0.393 e. The number of aliphatic hydroxyl groups excluding tert-OH is 1. The minimum Gasteiger partial charge on any atom is -0.393 e. The maximum atomic E-state index is 13.4. The zero-order valence-corrected chi connectivity index (χ0v) is 19.6. The molecule has 2 aliphatic heterocycles.